The molecule has 0 aliphatic heterocycles. The van der Waals surface area contributed by atoms with E-state index in [2.05, 4.69) is 11.6 Å². The fourth-order valence-electron chi connectivity index (χ4n) is 5.13. The number of hydrogen-bond donors (Lipinski definition) is 1. The van der Waals surface area contributed by atoms with Crippen molar-refractivity contribution in [1.29, 1.82) is 0 Å². The van der Waals surface area contributed by atoms with Gasteiger partial charge in [-0.05, 0) is 91.3 Å². The number of fused-ring (bicyclic) bond motifs is 1. The molecule has 1 heterocycles. The number of allylic oxidation sites excluding steroid dienone is 1. The van der Waals surface area contributed by atoms with E-state index in [-0.39, 0.29) is 17.6 Å². The molecule has 0 unspecified atom stereocenters. The molecule has 2 aromatic carbocycles. The van der Waals surface area contributed by atoms with Gasteiger partial charge in [-0.15, -0.1) is 6.58 Å². The molecular formula is C26H27FN2O. The van der Waals surface area contributed by atoms with E-state index in [0.717, 1.165) is 48.6 Å². The van der Waals surface area contributed by atoms with Crippen molar-refractivity contribution < 1.29 is 9.18 Å². The Morgan fingerprint density at radius 3 is 2.67 bits per heavy atom. The molecule has 0 radical (unpaired) electrons. The van der Waals surface area contributed by atoms with E-state index in [1.54, 1.807) is 12.1 Å². The molecule has 3 nitrogen and oxygen atoms in total. The predicted molar refractivity (Wildman–Crippen MR) is 119 cm³/mol. The van der Waals surface area contributed by atoms with Gasteiger partial charge in [0, 0.05) is 17.1 Å². The van der Waals surface area contributed by atoms with E-state index in [4.69, 9.17) is 5.73 Å². The zero-order valence-corrected chi connectivity index (χ0v) is 17.1. The standard InChI is InChI=1S/C26H27FN2O/c1-2-5-20(22-6-3-4-7-23(22)26(28)30)17-8-10-18(11-9-17)21-14-15-29-25-13-12-19(27)16-24(21)25/h2-4,6-7,12-18,20H,1,5,8-11H2,(H2,28,30)/t17?,18?,20-/m1/s1. The Balaban J connectivity index is 1.57. The van der Waals surface area contributed by atoms with Crippen LogP contribution in [0.1, 0.15) is 65.4 Å². The molecule has 1 atom stereocenters. The summed E-state index contributed by atoms with van der Waals surface area (Å²) in [4.78, 5) is 16.4. The smallest absolute Gasteiger partial charge is 0.248 e. The topological polar surface area (TPSA) is 56.0 Å². The number of pyridine rings is 1. The third kappa shape index (κ3) is 4.00. The lowest BCUT2D eigenvalue weighted by Gasteiger charge is -2.35. The van der Waals surface area contributed by atoms with Crippen molar-refractivity contribution in [3.63, 3.8) is 0 Å². The van der Waals surface area contributed by atoms with E-state index in [1.165, 1.54) is 11.6 Å². The highest BCUT2D eigenvalue weighted by molar-refractivity contribution is 5.94. The number of rotatable bonds is 6. The largest absolute Gasteiger partial charge is 0.366 e. The maximum atomic E-state index is 13.9. The molecule has 1 fully saturated rings. The normalized spacial score (nSPS) is 20.0. The van der Waals surface area contributed by atoms with Crippen LogP contribution in [0.3, 0.4) is 0 Å². The van der Waals surface area contributed by atoms with Crippen LogP contribution in [0.2, 0.25) is 0 Å². The SMILES string of the molecule is C=CC[C@@H](c1ccccc1C(N)=O)C1CCC(c2ccnc3ccc(F)cc23)CC1. The molecule has 1 aromatic heterocycles. The molecule has 2 N–H and O–H groups in total. The molecule has 154 valence electrons. The van der Waals surface area contributed by atoms with Crippen LogP contribution in [-0.2, 0) is 0 Å². The molecule has 1 saturated carbocycles. The quantitative estimate of drug-likeness (QED) is 0.506. The maximum absolute atomic E-state index is 13.9. The van der Waals surface area contributed by atoms with Crippen LogP contribution < -0.4 is 5.73 Å². The third-order valence-corrected chi connectivity index (χ3v) is 6.56. The predicted octanol–water partition coefficient (Wildman–Crippen LogP) is 6.11. The van der Waals surface area contributed by atoms with E-state index >= 15 is 0 Å². The number of halogens is 1. The van der Waals surface area contributed by atoms with Crippen molar-refractivity contribution in [2.75, 3.05) is 0 Å². The highest BCUT2D eigenvalue weighted by Crippen LogP contribution is 2.45. The van der Waals surface area contributed by atoms with E-state index < -0.39 is 0 Å². The van der Waals surface area contributed by atoms with Gasteiger partial charge in [-0.25, -0.2) is 4.39 Å². The second-order valence-corrected chi connectivity index (χ2v) is 8.26. The van der Waals surface area contributed by atoms with Gasteiger partial charge in [0.25, 0.3) is 0 Å². The molecular weight excluding hydrogens is 375 g/mol. The van der Waals surface area contributed by atoms with Gasteiger partial charge in [0.2, 0.25) is 5.91 Å². The zero-order valence-electron chi connectivity index (χ0n) is 17.1. The van der Waals surface area contributed by atoms with Gasteiger partial charge < -0.3 is 5.73 Å². The van der Waals surface area contributed by atoms with Gasteiger partial charge >= 0.3 is 0 Å². The molecule has 0 spiro atoms. The lowest BCUT2D eigenvalue weighted by atomic mass is 9.70. The number of carbonyl (C=O) groups excluding carboxylic acids is 1. The van der Waals surface area contributed by atoms with Crippen LogP contribution in [0.15, 0.2) is 67.4 Å². The van der Waals surface area contributed by atoms with Crippen LogP contribution in [0.25, 0.3) is 10.9 Å². The van der Waals surface area contributed by atoms with Crippen molar-refractivity contribution in [2.24, 2.45) is 11.7 Å². The average Bonchev–Trinajstić information content (AvgIpc) is 2.77. The monoisotopic (exact) mass is 402 g/mol. The van der Waals surface area contributed by atoms with Crippen LogP contribution in [0.4, 0.5) is 4.39 Å². The Morgan fingerprint density at radius 2 is 1.93 bits per heavy atom. The van der Waals surface area contributed by atoms with Crippen LogP contribution >= 0.6 is 0 Å². The first kappa shape index (κ1) is 20.3. The van der Waals surface area contributed by atoms with Crippen LogP contribution in [-0.4, -0.2) is 10.9 Å². The molecule has 0 bridgehead atoms. The number of hydrogen-bond acceptors (Lipinski definition) is 2. The number of nitrogens with two attached hydrogens (primary N) is 1. The molecule has 1 aliphatic carbocycles. The summed E-state index contributed by atoms with van der Waals surface area (Å²) in [5, 5.41) is 0.919. The number of aromatic nitrogens is 1. The van der Waals surface area contributed by atoms with Gasteiger partial charge in [-0.3, -0.25) is 9.78 Å². The van der Waals surface area contributed by atoms with Gasteiger partial charge in [0.15, 0.2) is 0 Å². The Bertz CT molecular complexity index is 1070. The fourth-order valence-corrected chi connectivity index (χ4v) is 5.13. The number of nitrogens with zero attached hydrogens (tertiary/aromatic N) is 1. The molecule has 4 heteroatoms. The molecule has 1 amide bonds. The molecule has 1 aliphatic rings. The summed E-state index contributed by atoms with van der Waals surface area (Å²) in [6.45, 7) is 3.94. The molecule has 4 rings (SSSR count). The van der Waals surface area contributed by atoms with Gasteiger partial charge in [0.05, 0.1) is 5.52 Å². The lowest BCUT2D eigenvalue weighted by molar-refractivity contribution is 0.0998. The zero-order chi connectivity index (χ0) is 21.1. The fraction of sp³-hybridized carbons (Fsp3) is 0.308. The maximum Gasteiger partial charge on any atom is 0.248 e. The minimum atomic E-state index is -0.376. The first-order valence-electron chi connectivity index (χ1n) is 10.6. The summed E-state index contributed by atoms with van der Waals surface area (Å²) < 4.78 is 13.9. The van der Waals surface area contributed by atoms with E-state index in [1.807, 2.05) is 42.6 Å². The summed E-state index contributed by atoms with van der Waals surface area (Å²) in [6, 6.07) is 14.5. The highest BCUT2D eigenvalue weighted by Gasteiger charge is 2.31. The third-order valence-electron chi connectivity index (χ3n) is 6.56. The Labute approximate surface area is 176 Å². The summed E-state index contributed by atoms with van der Waals surface area (Å²) in [7, 11) is 0. The Morgan fingerprint density at radius 1 is 1.17 bits per heavy atom. The summed E-state index contributed by atoms with van der Waals surface area (Å²) in [6.07, 6.45) is 8.76. The summed E-state index contributed by atoms with van der Waals surface area (Å²) in [5.74, 6) is 0.492. The number of benzene rings is 2. The average molecular weight is 403 g/mol. The second kappa shape index (κ2) is 8.78. The number of primary amides is 1. The minimum Gasteiger partial charge on any atom is -0.366 e. The van der Waals surface area contributed by atoms with Gasteiger partial charge in [0.1, 0.15) is 5.82 Å². The van der Waals surface area contributed by atoms with Crippen LogP contribution in [0, 0.1) is 11.7 Å². The van der Waals surface area contributed by atoms with Crippen molar-refractivity contribution >= 4 is 16.8 Å². The number of carbonyl (C=O) groups is 1. The molecule has 30 heavy (non-hydrogen) atoms. The first-order valence-corrected chi connectivity index (χ1v) is 10.6. The van der Waals surface area contributed by atoms with Crippen molar-refractivity contribution in [2.45, 2.75) is 43.9 Å². The Kier molecular flexibility index (Phi) is 5.93. The lowest BCUT2D eigenvalue weighted by Crippen LogP contribution is -2.23. The van der Waals surface area contributed by atoms with Crippen molar-refractivity contribution in [1.82, 2.24) is 4.98 Å². The number of amides is 1. The van der Waals surface area contributed by atoms with Crippen LogP contribution in [0.5, 0.6) is 0 Å². The van der Waals surface area contributed by atoms with E-state index in [0.29, 0.717) is 17.4 Å². The van der Waals surface area contributed by atoms with Crippen molar-refractivity contribution in [3.05, 3.63) is 89.9 Å². The second-order valence-electron chi connectivity index (χ2n) is 8.26. The van der Waals surface area contributed by atoms with Gasteiger partial charge in [-0.2, -0.15) is 0 Å². The van der Waals surface area contributed by atoms with E-state index in [9.17, 15) is 9.18 Å². The highest BCUT2D eigenvalue weighted by atomic mass is 19.1. The van der Waals surface area contributed by atoms with Crippen molar-refractivity contribution in [3.8, 4) is 0 Å². The molecule has 0 saturated heterocycles. The molecule has 3 aromatic rings. The van der Waals surface area contributed by atoms with Gasteiger partial charge in [-0.1, -0.05) is 24.3 Å². The summed E-state index contributed by atoms with van der Waals surface area (Å²) >= 11 is 0. The first-order chi connectivity index (χ1) is 14.6. The Hall–Kier alpha value is -3.01. The summed E-state index contributed by atoms with van der Waals surface area (Å²) in [5.41, 5.74) is 9.32. The minimum absolute atomic E-state index is 0.223.